The second-order valence-electron chi connectivity index (χ2n) is 6.30. The van der Waals surface area contributed by atoms with Crippen LogP contribution in [0.5, 0.6) is 5.75 Å². The fraction of sp³-hybridized carbons (Fsp3) is 0.300. The first-order chi connectivity index (χ1) is 13.7. The SMILES string of the molecule is CCc1ccc(OCC(=O)NC(NC(=S)Nc2cccc(C)c2)C(Cl)(Cl)Cl)cc1. The molecule has 29 heavy (non-hydrogen) atoms. The van der Waals surface area contributed by atoms with Crippen molar-refractivity contribution in [3.63, 3.8) is 0 Å². The second-order valence-corrected chi connectivity index (χ2v) is 9.07. The average Bonchev–Trinajstić information content (AvgIpc) is 2.65. The Balaban J connectivity index is 1.91. The van der Waals surface area contributed by atoms with Crippen LogP contribution in [-0.4, -0.2) is 27.6 Å². The summed E-state index contributed by atoms with van der Waals surface area (Å²) in [6.45, 7) is 3.79. The van der Waals surface area contributed by atoms with E-state index < -0.39 is 15.9 Å². The van der Waals surface area contributed by atoms with Gasteiger partial charge in [0.1, 0.15) is 11.9 Å². The maximum absolute atomic E-state index is 12.3. The van der Waals surface area contributed by atoms with E-state index in [0.29, 0.717) is 5.75 Å². The van der Waals surface area contributed by atoms with Crippen LogP contribution < -0.4 is 20.7 Å². The van der Waals surface area contributed by atoms with Crippen LogP contribution in [0.2, 0.25) is 0 Å². The fourth-order valence-electron chi connectivity index (χ4n) is 2.39. The first kappa shape index (κ1) is 23.5. The standard InChI is InChI=1S/C20H22Cl3N3O2S/c1-3-14-7-9-16(10-8-14)28-12-17(27)25-18(20(21,22)23)26-19(29)24-15-6-4-5-13(2)11-15/h4-11,18H,3,12H2,1-2H3,(H,25,27)(H2,24,26,29). The van der Waals surface area contributed by atoms with Gasteiger partial charge in [-0.05, 0) is 61.0 Å². The predicted octanol–water partition coefficient (Wildman–Crippen LogP) is 4.74. The lowest BCUT2D eigenvalue weighted by Crippen LogP contribution is -2.56. The molecule has 1 atom stereocenters. The van der Waals surface area contributed by atoms with Gasteiger partial charge in [-0.1, -0.05) is 66.0 Å². The van der Waals surface area contributed by atoms with E-state index in [-0.39, 0.29) is 11.7 Å². The van der Waals surface area contributed by atoms with Gasteiger partial charge in [-0.15, -0.1) is 0 Å². The summed E-state index contributed by atoms with van der Waals surface area (Å²) in [5.41, 5.74) is 3.01. The molecule has 0 heterocycles. The first-order valence-electron chi connectivity index (χ1n) is 8.89. The molecule has 0 aromatic heterocycles. The van der Waals surface area contributed by atoms with Gasteiger partial charge in [-0.3, -0.25) is 4.79 Å². The van der Waals surface area contributed by atoms with Crippen LogP contribution >= 0.6 is 47.0 Å². The van der Waals surface area contributed by atoms with E-state index in [1.807, 2.05) is 43.3 Å². The van der Waals surface area contributed by atoms with E-state index in [4.69, 9.17) is 51.8 Å². The highest BCUT2D eigenvalue weighted by molar-refractivity contribution is 7.80. The molecule has 1 unspecified atom stereocenters. The minimum atomic E-state index is -1.84. The Bertz CT molecular complexity index is 842. The second kappa shape index (κ2) is 10.9. The Morgan fingerprint density at radius 3 is 2.41 bits per heavy atom. The van der Waals surface area contributed by atoms with E-state index in [1.165, 1.54) is 5.56 Å². The first-order valence-corrected chi connectivity index (χ1v) is 10.4. The van der Waals surface area contributed by atoms with Crippen molar-refractivity contribution in [1.82, 2.24) is 10.6 Å². The highest BCUT2D eigenvalue weighted by Gasteiger charge is 2.34. The van der Waals surface area contributed by atoms with Crippen molar-refractivity contribution in [3.8, 4) is 5.75 Å². The van der Waals surface area contributed by atoms with Crippen LogP contribution in [0.3, 0.4) is 0 Å². The molecule has 2 rings (SSSR count). The Morgan fingerprint density at radius 1 is 1.14 bits per heavy atom. The maximum atomic E-state index is 12.3. The third kappa shape index (κ3) is 8.26. The molecule has 5 nitrogen and oxygen atoms in total. The zero-order valence-corrected chi connectivity index (χ0v) is 19.1. The monoisotopic (exact) mass is 473 g/mol. The molecule has 0 saturated heterocycles. The van der Waals surface area contributed by atoms with Gasteiger partial charge in [-0.2, -0.15) is 0 Å². The van der Waals surface area contributed by atoms with E-state index in [9.17, 15) is 4.79 Å². The number of thiocarbonyl (C=S) groups is 1. The number of rotatable bonds is 7. The van der Waals surface area contributed by atoms with Gasteiger partial charge >= 0.3 is 0 Å². The quantitative estimate of drug-likeness (QED) is 0.307. The number of benzene rings is 2. The lowest BCUT2D eigenvalue weighted by atomic mass is 10.2. The summed E-state index contributed by atoms with van der Waals surface area (Å²) in [7, 11) is 0. The van der Waals surface area contributed by atoms with Gasteiger partial charge in [0.15, 0.2) is 11.7 Å². The topological polar surface area (TPSA) is 62.4 Å². The summed E-state index contributed by atoms with van der Waals surface area (Å²) < 4.78 is 3.64. The normalized spacial score (nSPS) is 12.0. The van der Waals surface area contributed by atoms with Crippen molar-refractivity contribution in [1.29, 1.82) is 0 Å². The molecule has 9 heteroatoms. The molecule has 0 saturated carbocycles. The van der Waals surface area contributed by atoms with Gasteiger partial charge in [0.25, 0.3) is 5.91 Å². The molecular weight excluding hydrogens is 453 g/mol. The molecule has 2 aromatic carbocycles. The van der Waals surface area contributed by atoms with Crippen LogP contribution in [0, 0.1) is 6.92 Å². The number of nitrogens with one attached hydrogen (secondary N) is 3. The molecule has 0 aliphatic heterocycles. The van der Waals surface area contributed by atoms with Gasteiger partial charge in [0.2, 0.25) is 3.79 Å². The van der Waals surface area contributed by atoms with Crippen molar-refractivity contribution in [2.24, 2.45) is 0 Å². The van der Waals surface area contributed by atoms with E-state index >= 15 is 0 Å². The van der Waals surface area contributed by atoms with Gasteiger partial charge in [0.05, 0.1) is 0 Å². The van der Waals surface area contributed by atoms with Gasteiger partial charge in [-0.25, -0.2) is 0 Å². The highest BCUT2D eigenvalue weighted by Crippen LogP contribution is 2.29. The summed E-state index contributed by atoms with van der Waals surface area (Å²) in [6.07, 6.45) is -0.135. The van der Waals surface area contributed by atoms with Crippen LogP contribution in [0.25, 0.3) is 0 Å². The molecular formula is C20H22Cl3N3O2S. The Morgan fingerprint density at radius 2 is 1.83 bits per heavy atom. The zero-order chi connectivity index (χ0) is 21.4. The van der Waals surface area contributed by atoms with E-state index in [2.05, 4.69) is 22.9 Å². The maximum Gasteiger partial charge on any atom is 0.259 e. The number of aryl methyl sites for hydroxylation is 2. The van der Waals surface area contributed by atoms with Gasteiger partial charge in [0, 0.05) is 5.69 Å². The minimum Gasteiger partial charge on any atom is -0.484 e. The van der Waals surface area contributed by atoms with E-state index in [0.717, 1.165) is 17.7 Å². The number of halogens is 3. The third-order valence-corrected chi connectivity index (χ3v) is 4.76. The zero-order valence-electron chi connectivity index (χ0n) is 16.0. The number of amides is 1. The number of alkyl halides is 3. The number of hydrogen-bond acceptors (Lipinski definition) is 3. The van der Waals surface area contributed by atoms with Crippen LogP contribution in [-0.2, 0) is 11.2 Å². The summed E-state index contributed by atoms with van der Waals surface area (Å²) in [5.74, 6) is 0.110. The summed E-state index contributed by atoms with van der Waals surface area (Å²) in [6, 6.07) is 15.1. The lowest BCUT2D eigenvalue weighted by molar-refractivity contribution is -0.123. The largest absolute Gasteiger partial charge is 0.484 e. The fourth-order valence-corrected chi connectivity index (χ4v) is 2.96. The van der Waals surface area contributed by atoms with Crippen molar-refractivity contribution in [2.75, 3.05) is 11.9 Å². The predicted molar refractivity (Wildman–Crippen MR) is 124 cm³/mol. The Kier molecular flexibility index (Phi) is 8.83. The molecule has 0 aliphatic rings. The summed E-state index contributed by atoms with van der Waals surface area (Å²) in [5, 5.41) is 8.57. The molecule has 2 aromatic rings. The number of carbonyl (C=O) groups is 1. The molecule has 1 amide bonds. The summed E-state index contributed by atoms with van der Waals surface area (Å²) in [4.78, 5) is 12.3. The summed E-state index contributed by atoms with van der Waals surface area (Å²) >= 11 is 23.2. The third-order valence-electron chi connectivity index (χ3n) is 3.89. The number of carbonyl (C=O) groups excluding carboxylic acids is 1. The molecule has 156 valence electrons. The van der Waals surface area contributed by atoms with Crippen LogP contribution in [0.4, 0.5) is 5.69 Å². The van der Waals surface area contributed by atoms with Crippen molar-refractivity contribution in [2.45, 2.75) is 30.2 Å². The molecule has 0 bridgehead atoms. The number of anilines is 1. The lowest BCUT2D eigenvalue weighted by Gasteiger charge is -2.27. The van der Waals surface area contributed by atoms with E-state index in [1.54, 1.807) is 12.1 Å². The highest BCUT2D eigenvalue weighted by atomic mass is 35.6. The van der Waals surface area contributed by atoms with Crippen molar-refractivity contribution < 1.29 is 9.53 Å². The van der Waals surface area contributed by atoms with Crippen molar-refractivity contribution >= 4 is 63.7 Å². The molecule has 0 fully saturated rings. The molecule has 0 aliphatic carbocycles. The van der Waals surface area contributed by atoms with Crippen LogP contribution in [0.15, 0.2) is 48.5 Å². The molecule has 0 spiro atoms. The van der Waals surface area contributed by atoms with Gasteiger partial charge < -0.3 is 20.7 Å². The van der Waals surface area contributed by atoms with Crippen LogP contribution in [0.1, 0.15) is 18.1 Å². The number of hydrogen-bond donors (Lipinski definition) is 3. The average molecular weight is 475 g/mol. The Labute approximate surface area is 191 Å². The van der Waals surface area contributed by atoms with Crippen molar-refractivity contribution in [3.05, 3.63) is 59.7 Å². The Hall–Kier alpha value is -1.73. The number of ether oxygens (including phenoxy) is 1. The molecule has 3 N–H and O–H groups in total. The molecule has 0 radical (unpaired) electrons. The smallest absolute Gasteiger partial charge is 0.259 e. The minimum absolute atomic E-state index is 0.197.